The maximum Gasteiger partial charge on any atom is 0.267 e. The van der Waals surface area contributed by atoms with Crippen molar-refractivity contribution < 1.29 is 22.1 Å². The maximum atomic E-state index is 11.7. The molecule has 0 aliphatic carbocycles. The van der Waals surface area contributed by atoms with Crippen LogP contribution in [0.2, 0.25) is 0 Å². The average molecular weight is 314 g/mol. The minimum Gasteiger partial charge on any atom is -0.353 e. The highest BCUT2D eigenvalue weighted by Gasteiger charge is 2.15. The number of ether oxygens (including phenoxy) is 2. The van der Waals surface area contributed by atoms with E-state index in [1.54, 1.807) is 0 Å². The van der Waals surface area contributed by atoms with Crippen molar-refractivity contribution in [3.63, 3.8) is 0 Å². The largest absolute Gasteiger partial charge is 0.353 e. The Labute approximate surface area is 126 Å². The summed E-state index contributed by atoms with van der Waals surface area (Å²) in [4.78, 5) is 0. The summed E-state index contributed by atoms with van der Waals surface area (Å²) >= 11 is 0. The Bertz CT molecular complexity index is 494. The van der Waals surface area contributed by atoms with E-state index in [0.29, 0.717) is 13.0 Å². The molecule has 1 aromatic rings. The van der Waals surface area contributed by atoms with Gasteiger partial charge in [-0.15, -0.1) is 0 Å². The van der Waals surface area contributed by atoms with Gasteiger partial charge >= 0.3 is 0 Å². The molecule has 0 N–H and O–H groups in total. The summed E-state index contributed by atoms with van der Waals surface area (Å²) in [7, 11) is -3.50. The van der Waals surface area contributed by atoms with Crippen LogP contribution < -0.4 is 0 Å². The lowest BCUT2D eigenvalue weighted by Gasteiger charge is -2.22. The van der Waals surface area contributed by atoms with Gasteiger partial charge in [-0.2, -0.15) is 8.42 Å². The van der Waals surface area contributed by atoms with Gasteiger partial charge < -0.3 is 9.47 Å². The molecule has 1 saturated heterocycles. The number of benzene rings is 1. The molecule has 1 atom stereocenters. The summed E-state index contributed by atoms with van der Waals surface area (Å²) < 4.78 is 39.4. The Kier molecular flexibility index (Phi) is 6.63. The molecule has 1 aliphatic heterocycles. The number of hydrogen-bond acceptors (Lipinski definition) is 5. The zero-order valence-electron chi connectivity index (χ0n) is 12.1. The summed E-state index contributed by atoms with van der Waals surface area (Å²) in [5.74, 6) is -0.0352. The van der Waals surface area contributed by atoms with E-state index in [9.17, 15) is 8.42 Å². The molecule has 1 unspecified atom stereocenters. The third-order valence-electron chi connectivity index (χ3n) is 3.23. The lowest BCUT2D eigenvalue weighted by molar-refractivity contribution is -0.162. The molecule has 21 heavy (non-hydrogen) atoms. The molecular weight excluding hydrogens is 292 g/mol. The Morgan fingerprint density at radius 1 is 1.19 bits per heavy atom. The fourth-order valence-electron chi connectivity index (χ4n) is 2.08. The quantitative estimate of drug-likeness (QED) is 0.545. The van der Waals surface area contributed by atoms with Gasteiger partial charge in [-0.05, 0) is 31.2 Å². The van der Waals surface area contributed by atoms with Crippen molar-refractivity contribution >= 4 is 10.1 Å². The van der Waals surface area contributed by atoms with Crippen LogP contribution >= 0.6 is 0 Å². The normalized spacial score (nSPS) is 19.5. The summed E-state index contributed by atoms with van der Waals surface area (Å²) in [6, 6.07) is 9.24. The van der Waals surface area contributed by atoms with Gasteiger partial charge in [-0.25, -0.2) is 0 Å². The van der Waals surface area contributed by atoms with Crippen LogP contribution in [0.1, 0.15) is 31.2 Å². The fourth-order valence-corrected chi connectivity index (χ4v) is 2.99. The molecule has 1 heterocycles. The number of hydrogen-bond donors (Lipinski definition) is 0. The highest BCUT2D eigenvalue weighted by atomic mass is 32.2. The average Bonchev–Trinajstić information content (AvgIpc) is 2.52. The van der Waals surface area contributed by atoms with E-state index in [4.69, 9.17) is 13.7 Å². The first-order valence-electron chi connectivity index (χ1n) is 7.30. The van der Waals surface area contributed by atoms with E-state index in [2.05, 4.69) is 0 Å². The molecule has 118 valence electrons. The van der Waals surface area contributed by atoms with Crippen LogP contribution in [0.5, 0.6) is 0 Å². The van der Waals surface area contributed by atoms with Gasteiger partial charge in [-0.3, -0.25) is 4.18 Å². The van der Waals surface area contributed by atoms with E-state index >= 15 is 0 Å². The molecule has 6 heteroatoms. The second kappa shape index (κ2) is 8.48. The van der Waals surface area contributed by atoms with Gasteiger partial charge in [0.05, 0.1) is 19.0 Å². The van der Waals surface area contributed by atoms with Gasteiger partial charge in [0.15, 0.2) is 6.29 Å². The molecule has 0 bridgehead atoms. The molecular formula is C15H22O5S. The molecule has 2 rings (SSSR count). The highest BCUT2D eigenvalue weighted by Crippen LogP contribution is 2.14. The standard InChI is InChI=1S/C15H22O5S/c16-21(17,20-13-14-7-2-1-3-8-14)12-6-11-19-15-9-4-5-10-18-15/h1-3,7-8,15H,4-6,9-13H2. The predicted molar refractivity (Wildman–Crippen MR) is 79.2 cm³/mol. The van der Waals surface area contributed by atoms with Crippen molar-refractivity contribution in [3.05, 3.63) is 35.9 Å². The molecule has 1 fully saturated rings. The topological polar surface area (TPSA) is 61.8 Å². The lowest BCUT2D eigenvalue weighted by atomic mass is 10.2. The Hall–Kier alpha value is -0.950. The van der Waals surface area contributed by atoms with Crippen molar-refractivity contribution in [2.45, 2.75) is 38.6 Å². The van der Waals surface area contributed by atoms with Gasteiger partial charge in [0.1, 0.15) is 0 Å². The molecule has 0 radical (unpaired) electrons. The van der Waals surface area contributed by atoms with E-state index in [1.807, 2.05) is 30.3 Å². The molecule has 0 spiro atoms. The fraction of sp³-hybridized carbons (Fsp3) is 0.600. The Morgan fingerprint density at radius 3 is 2.71 bits per heavy atom. The zero-order chi connectivity index (χ0) is 15.0. The molecule has 1 aromatic carbocycles. The monoisotopic (exact) mass is 314 g/mol. The van der Waals surface area contributed by atoms with Crippen LogP contribution in [-0.4, -0.2) is 33.7 Å². The lowest BCUT2D eigenvalue weighted by Crippen LogP contribution is -2.23. The predicted octanol–water partition coefficient (Wildman–Crippen LogP) is 2.47. The van der Waals surface area contributed by atoms with Crippen molar-refractivity contribution in [1.82, 2.24) is 0 Å². The molecule has 0 saturated carbocycles. The third-order valence-corrected chi connectivity index (χ3v) is 4.49. The first kappa shape index (κ1) is 16.4. The second-order valence-corrected chi connectivity index (χ2v) is 6.79. The maximum absolute atomic E-state index is 11.7. The minimum atomic E-state index is -3.50. The SMILES string of the molecule is O=S(=O)(CCCOC1CCCCO1)OCc1ccccc1. The first-order chi connectivity index (χ1) is 10.2. The van der Waals surface area contributed by atoms with E-state index in [1.165, 1.54) is 0 Å². The van der Waals surface area contributed by atoms with Crippen LogP contribution in [0.3, 0.4) is 0 Å². The van der Waals surface area contributed by atoms with Gasteiger partial charge in [0.25, 0.3) is 10.1 Å². The smallest absolute Gasteiger partial charge is 0.267 e. The number of rotatable bonds is 8. The first-order valence-corrected chi connectivity index (χ1v) is 8.88. The summed E-state index contributed by atoms with van der Waals surface area (Å²) in [6.45, 7) is 1.18. The summed E-state index contributed by atoms with van der Waals surface area (Å²) in [5, 5.41) is 0. The van der Waals surface area contributed by atoms with Crippen LogP contribution in [0.4, 0.5) is 0 Å². The van der Waals surface area contributed by atoms with Crippen molar-refractivity contribution in [1.29, 1.82) is 0 Å². The van der Waals surface area contributed by atoms with Gasteiger partial charge in [0.2, 0.25) is 0 Å². The summed E-state index contributed by atoms with van der Waals surface area (Å²) in [6.07, 6.45) is 3.30. The Balaban J connectivity index is 1.62. The van der Waals surface area contributed by atoms with Crippen molar-refractivity contribution in [2.75, 3.05) is 19.0 Å². The third kappa shape index (κ3) is 6.56. The molecule has 5 nitrogen and oxygen atoms in total. The van der Waals surface area contributed by atoms with E-state index < -0.39 is 10.1 Å². The van der Waals surface area contributed by atoms with E-state index in [0.717, 1.165) is 31.4 Å². The molecule has 1 aliphatic rings. The van der Waals surface area contributed by atoms with E-state index in [-0.39, 0.29) is 18.6 Å². The van der Waals surface area contributed by atoms with Gasteiger partial charge in [-0.1, -0.05) is 30.3 Å². The zero-order valence-corrected chi connectivity index (χ0v) is 12.9. The van der Waals surface area contributed by atoms with Crippen LogP contribution in [-0.2, 0) is 30.4 Å². The van der Waals surface area contributed by atoms with Crippen molar-refractivity contribution in [3.8, 4) is 0 Å². The second-order valence-electron chi connectivity index (χ2n) is 5.03. The Morgan fingerprint density at radius 2 is 2.00 bits per heavy atom. The molecule has 0 aromatic heterocycles. The van der Waals surface area contributed by atoms with Gasteiger partial charge in [0, 0.05) is 6.61 Å². The minimum absolute atomic E-state index is 0.0352. The van der Waals surface area contributed by atoms with Crippen LogP contribution in [0.15, 0.2) is 30.3 Å². The van der Waals surface area contributed by atoms with Crippen LogP contribution in [0.25, 0.3) is 0 Å². The van der Waals surface area contributed by atoms with Crippen LogP contribution in [0, 0.1) is 0 Å². The summed E-state index contributed by atoms with van der Waals surface area (Å²) in [5.41, 5.74) is 0.841. The van der Waals surface area contributed by atoms with Crippen molar-refractivity contribution in [2.24, 2.45) is 0 Å². The highest BCUT2D eigenvalue weighted by molar-refractivity contribution is 7.86. The molecule has 0 amide bonds.